The van der Waals surface area contributed by atoms with Crippen LogP contribution in [0.25, 0.3) is 49.7 Å². The van der Waals surface area contributed by atoms with E-state index in [0.29, 0.717) is 5.92 Å². The van der Waals surface area contributed by atoms with Gasteiger partial charge in [0.2, 0.25) is 0 Å². The molecule has 8 aromatic rings. The van der Waals surface area contributed by atoms with Crippen LogP contribution in [-0.2, 0) is 5.41 Å². The van der Waals surface area contributed by atoms with Crippen molar-refractivity contribution in [3.63, 3.8) is 0 Å². The fourth-order valence-corrected chi connectivity index (χ4v) is 8.58. The van der Waals surface area contributed by atoms with Crippen LogP contribution in [0.5, 0.6) is 0 Å². The van der Waals surface area contributed by atoms with Crippen molar-refractivity contribution in [3.05, 3.63) is 194 Å². The zero-order chi connectivity index (χ0) is 34.5. The molecule has 2 unspecified atom stereocenters. The summed E-state index contributed by atoms with van der Waals surface area (Å²) in [5, 5.41) is 2.53. The molecule has 1 aliphatic carbocycles. The van der Waals surface area contributed by atoms with Crippen LogP contribution in [0, 0.1) is 5.92 Å². The Labute approximate surface area is 300 Å². The Bertz CT molecular complexity index is 2490. The Morgan fingerprint density at radius 1 is 0.569 bits per heavy atom. The zero-order valence-corrected chi connectivity index (χ0v) is 29.1. The zero-order valence-electron chi connectivity index (χ0n) is 29.1. The monoisotopic (exact) mass is 656 g/mol. The number of aromatic nitrogens is 1. The Balaban J connectivity index is 1.20. The molecule has 0 aliphatic heterocycles. The van der Waals surface area contributed by atoms with Crippen LogP contribution in [0.4, 0.5) is 17.1 Å². The molecule has 0 amide bonds. The fourth-order valence-electron chi connectivity index (χ4n) is 8.58. The molecule has 1 heterocycles. The Hall–Kier alpha value is -6.12. The van der Waals surface area contributed by atoms with Crippen molar-refractivity contribution >= 4 is 38.9 Å². The molecule has 2 heteroatoms. The van der Waals surface area contributed by atoms with E-state index < -0.39 is 0 Å². The fraction of sp³-hybridized carbons (Fsp3) is 0.102. The van der Waals surface area contributed by atoms with Gasteiger partial charge in [0.1, 0.15) is 0 Å². The van der Waals surface area contributed by atoms with E-state index in [0.717, 1.165) is 29.2 Å². The van der Waals surface area contributed by atoms with Gasteiger partial charge in [0.15, 0.2) is 0 Å². The van der Waals surface area contributed by atoms with Gasteiger partial charge < -0.3 is 9.47 Å². The quantitative estimate of drug-likeness (QED) is 0.148. The number of para-hydroxylation sites is 2. The Kier molecular flexibility index (Phi) is 7.47. The van der Waals surface area contributed by atoms with Gasteiger partial charge in [-0.05, 0) is 100.0 Å². The molecule has 9 rings (SSSR count). The number of rotatable bonds is 8. The van der Waals surface area contributed by atoms with E-state index >= 15 is 0 Å². The Morgan fingerprint density at radius 3 is 1.75 bits per heavy atom. The van der Waals surface area contributed by atoms with Crippen LogP contribution < -0.4 is 4.90 Å². The lowest BCUT2D eigenvalue weighted by atomic mass is 9.68. The van der Waals surface area contributed by atoms with E-state index in [1.165, 1.54) is 55.2 Å². The SMILES string of the molecule is C=CC1(C(C)CC)c2ccccc2-c2cc(N(c3ccc(-c4ccccc4)cc3)c3ccc(-n4c5ccccc5c5ccccc54)cc3)ccc21. The van der Waals surface area contributed by atoms with Crippen molar-refractivity contribution in [3.8, 4) is 27.9 Å². The summed E-state index contributed by atoms with van der Waals surface area (Å²) in [6, 6.07) is 62.0. The maximum Gasteiger partial charge on any atom is 0.0541 e. The van der Waals surface area contributed by atoms with Crippen LogP contribution in [0.15, 0.2) is 183 Å². The summed E-state index contributed by atoms with van der Waals surface area (Å²) in [5.41, 5.74) is 14.4. The molecule has 0 spiro atoms. The van der Waals surface area contributed by atoms with Crippen molar-refractivity contribution in [2.24, 2.45) is 5.92 Å². The minimum absolute atomic E-state index is 0.217. The summed E-state index contributed by atoms with van der Waals surface area (Å²) in [4.78, 5) is 2.39. The lowest BCUT2D eigenvalue weighted by Gasteiger charge is -2.35. The largest absolute Gasteiger partial charge is 0.310 e. The molecule has 0 fully saturated rings. The molecule has 2 atom stereocenters. The minimum atomic E-state index is -0.217. The number of fused-ring (bicyclic) bond motifs is 6. The molecule has 51 heavy (non-hydrogen) atoms. The number of nitrogens with zero attached hydrogens (tertiary/aromatic N) is 2. The van der Waals surface area contributed by atoms with Gasteiger partial charge >= 0.3 is 0 Å². The second-order valence-corrected chi connectivity index (χ2v) is 13.8. The third kappa shape index (κ3) is 4.78. The van der Waals surface area contributed by atoms with E-state index in [1.807, 2.05) is 0 Å². The van der Waals surface area contributed by atoms with Crippen LogP contribution >= 0.6 is 0 Å². The lowest BCUT2D eigenvalue weighted by molar-refractivity contribution is 0.412. The Morgan fingerprint density at radius 2 is 1.10 bits per heavy atom. The molecule has 2 nitrogen and oxygen atoms in total. The van der Waals surface area contributed by atoms with Crippen molar-refractivity contribution in [2.45, 2.75) is 25.7 Å². The van der Waals surface area contributed by atoms with Gasteiger partial charge in [-0.25, -0.2) is 0 Å². The van der Waals surface area contributed by atoms with Gasteiger partial charge in [-0.2, -0.15) is 0 Å². The normalized spacial score (nSPS) is 15.4. The molecule has 0 saturated carbocycles. The summed E-state index contributed by atoms with van der Waals surface area (Å²) in [6.45, 7) is 9.07. The highest BCUT2D eigenvalue weighted by Gasteiger charge is 2.44. The van der Waals surface area contributed by atoms with Gasteiger partial charge in [-0.3, -0.25) is 0 Å². The molecule has 246 valence electrons. The van der Waals surface area contributed by atoms with Gasteiger partial charge in [0.05, 0.1) is 11.0 Å². The second-order valence-electron chi connectivity index (χ2n) is 13.8. The van der Waals surface area contributed by atoms with Gasteiger partial charge in [0.25, 0.3) is 0 Å². The summed E-state index contributed by atoms with van der Waals surface area (Å²) in [7, 11) is 0. The number of hydrogen-bond acceptors (Lipinski definition) is 1. The van der Waals surface area contributed by atoms with Crippen LogP contribution in [0.2, 0.25) is 0 Å². The van der Waals surface area contributed by atoms with Gasteiger partial charge in [-0.1, -0.05) is 136 Å². The van der Waals surface area contributed by atoms with E-state index in [1.54, 1.807) is 0 Å². The summed E-state index contributed by atoms with van der Waals surface area (Å²) < 4.78 is 2.38. The van der Waals surface area contributed by atoms with Gasteiger partial charge in [-0.15, -0.1) is 6.58 Å². The highest BCUT2D eigenvalue weighted by Crippen LogP contribution is 2.55. The van der Waals surface area contributed by atoms with Crippen LogP contribution in [0.1, 0.15) is 31.4 Å². The highest BCUT2D eigenvalue weighted by molar-refractivity contribution is 6.09. The first-order chi connectivity index (χ1) is 25.1. The van der Waals surface area contributed by atoms with Crippen LogP contribution in [0.3, 0.4) is 0 Å². The average Bonchev–Trinajstić information content (AvgIpc) is 3.69. The molecule has 0 N–H and O–H groups in total. The van der Waals surface area contributed by atoms with Gasteiger partial charge in [0, 0.05) is 38.9 Å². The molecule has 0 bridgehead atoms. The first-order valence-corrected chi connectivity index (χ1v) is 18.0. The third-order valence-corrected chi connectivity index (χ3v) is 11.3. The van der Waals surface area contributed by atoms with Crippen molar-refractivity contribution in [1.82, 2.24) is 4.57 Å². The van der Waals surface area contributed by atoms with Crippen LogP contribution in [-0.4, -0.2) is 4.57 Å². The third-order valence-electron chi connectivity index (χ3n) is 11.3. The van der Waals surface area contributed by atoms with E-state index in [2.05, 4.69) is 206 Å². The number of allylic oxidation sites excluding steroid dienone is 1. The maximum absolute atomic E-state index is 4.42. The first-order valence-electron chi connectivity index (χ1n) is 18.0. The molecule has 0 radical (unpaired) electrons. The standard InChI is InChI=1S/C49H40N2/c1-4-34(3)49(5-2)45-20-12-9-17-41(45)44-33-40(31-32-46(44)49)50(37-25-23-36(24-26-37)35-15-7-6-8-16-35)38-27-29-39(30-28-38)51-47-21-13-10-18-42(47)43-19-11-14-22-48(43)51/h5-34H,2,4H2,1,3H3. The molecule has 7 aromatic carbocycles. The molecular formula is C49H40N2. The summed E-state index contributed by atoms with van der Waals surface area (Å²) >= 11 is 0. The van der Waals surface area contributed by atoms with Crippen molar-refractivity contribution in [2.75, 3.05) is 4.90 Å². The minimum Gasteiger partial charge on any atom is -0.310 e. The van der Waals surface area contributed by atoms with E-state index in [4.69, 9.17) is 0 Å². The number of hydrogen-bond donors (Lipinski definition) is 0. The second kappa shape index (κ2) is 12.3. The summed E-state index contributed by atoms with van der Waals surface area (Å²) in [5.74, 6) is 0.415. The number of benzene rings is 7. The maximum atomic E-state index is 4.42. The number of anilines is 3. The molecule has 0 saturated heterocycles. The highest BCUT2D eigenvalue weighted by atomic mass is 15.1. The molecule has 1 aliphatic rings. The smallest absolute Gasteiger partial charge is 0.0541 e. The van der Waals surface area contributed by atoms with E-state index in [-0.39, 0.29) is 5.41 Å². The lowest BCUT2D eigenvalue weighted by Crippen LogP contribution is -2.30. The van der Waals surface area contributed by atoms with Crippen molar-refractivity contribution in [1.29, 1.82) is 0 Å². The first kappa shape index (κ1) is 30.9. The molecule has 1 aromatic heterocycles. The van der Waals surface area contributed by atoms with E-state index in [9.17, 15) is 0 Å². The predicted molar refractivity (Wildman–Crippen MR) is 217 cm³/mol. The topological polar surface area (TPSA) is 8.17 Å². The van der Waals surface area contributed by atoms with Crippen molar-refractivity contribution < 1.29 is 0 Å². The predicted octanol–water partition coefficient (Wildman–Crippen LogP) is 13.4. The average molecular weight is 657 g/mol. The summed E-state index contributed by atoms with van der Waals surface area (Å²) in [6.07, 6.45) is 3.26. The molecular weight excluding hydrogens is 617 g/mol.